The second-order valence-corrected chi connectivity index (χ2v) is 7.63. The number of nitrogens with zero attached hydrogens (tertiary/aromatic N) is 1. The number of likely N-dealkylation sites (tertiary alicyclic amines) is 1. The van der Waals surface area contributed by atoms with Gasteiger partial charge in [-0.2, -0.15) is 0 Å². The Morgan fingerprint density at radius 3 is 2.42 bits per heavy atom. The lowest BCUT2D eigenvalue weighted by Gasteiger charge is -2.30. The molecule has 4 heteroatoms. The number of halogens is 1. The van der Waals surface area contributed by atoms with Gasteiger partial charge in [-0.05, 0) is 55.7 Å². The van der Waals surface area contributed by atoms with Crippen molar-refractivity contribution in [2.45, 2.75) is 51.4 Å². The average molecular weight is 378 g/mol. The minimum Gasteiger partial charge on any atom is -0.481 e. The van der Waals surface area contributed by atoms with E-state index in [1.54, 1.807) is 0 Å². The summed E-state index contributed by atoms with van der Waals surface area (Å²) >= 11 is 0. The third kappa shape index (κ3) is 5.85. The van der Waals surface area contributed by atoms with Crippen LogP contribution < -0.4 is 0 Å². The number of piperidine rings is 1. The molecule has 3 nitrogen and oxygen atoms in total. The molecule has 2 fully saturated rings. The van der Waals surface area contributed by atoms with Crippen LogP contribution in [0.5, 0.6) is 0 Å². The Kier molecular flexibility index (Phi) is 8.67. The smallest absolute Gasteiger partial charge is 0.307 e. The molecule has 3 rings (SSSR count). The van der Waals surface area contributed by atoms with Gasteiger partial charge in [-0.1, -0.05) is 55.7 Å². The first-order valence-electron chi connectivity index (χ1n) is 9.94. The number of hydrogen-bond donors (Lipinski definition) is 1. The van der Waals surface area contributed by atoms with Gasteiger partial charge in [-0.25, -0.2) is 0 Å². The van der Waals surface area contributed by atoms with Gasteiger partial charge in [-0.3, -0.25) is 4.79 Å². The minimum atomic E-state index is -0.632. The highest BCUT2D eigenvalue weighted by atomic mass is 35.5. The van der Waals surface area contributed by atoms with E-state index in [9.17, 15) is 9.90 Å². The van der Waals surface area contributed by atoms with Gasteiger partial charge in [0.05, 0.1) is 5.92 Å². The predicted octanol–water partition coefficient (Wildman–Crippen LogP) is 5.26. The predicted molar refractivity (Wildman–Crippen MR) is 110 cm³/mol. The molecule has 1 aromatic rings. The highest BCUT2D eigenvalue weighted by molar-refractivity contribution is 5.85. The third-order valence-electron chi connectivity index (χ3n) is 5.82. The molecule has 1 atom stereocenters. The van der Waals surface area contributed by atoms with E-state index in [2.05, 4.69) is 41.3 Å². The largest absolute Gasteiger partial charge is 0.481 e. The number of carboxylic acid groups (broad SMARTS) is 1. The maximum atomic E-state index is 11.2. The lowest BCUT2D eigenvalue weighted by molar-refractivity contribution is -0.143. The molecule has 0 bridgehead atoms. The van der Waals surface area contributed by atoms with Crippen LogP contribution in [0, 0.1) is 11.8 Å². The molecule has 1 aliphatic heterocycles. The number of aliphatic carboxylic acids is 1. The molecular formula is C22H32ClNO2. The first-order chi connectivity index (χ1) is 12.2. The molecule has 1 aromatic carbocycles. The summed E-state index contributed by atoms with van der Waals surface area (Å²) in [6.45, 7) is 2.74. The number of carbonyl (C=O) groups is 1. The van der Waals surface area contributed by atoms with Crippen LogP contribution >= 0.6 is 12.4 Å². The van der Waals surface area contributed by atoms with Crippen molar-refractivity contribution in [3.63, 3.8) is 0 Å². The Morgan fingerprint density at radius 2 is 1.73 bits per heavy atom. The normalized spacial score (nSPS) is 22.6. The molecule has 1 saturated carbocycles. The van der Waals surface area contributed by atoms with Crippen LogP contribution in [0.1, 0.15) is 56.9 Å². The van der Waals surface area contributed by atoms with Gasteiger partial charge in [0.25, 0.3) is 0 Å². The fraction of sp³-hybridized carbons (Fsp3) is 0.591. The first-order valence-corrected chi connectivity index (χ1v) is 9.94. The Hall–Kier alpha value is -1.32. The fourth-order valence-electron chi connectivity index (χ4n) is 4.43. The first kappa shape index (κ1) is 21.0. The summed E-state index contributed by atoms with van der Waals surface area (Å²) in [5, 5.41) is 9.25. The van der Waals surface area contributed by atoms with Crippen LogP contribution in [0.15, 0.2) is 36.4 Å². The van der Waals surface area contributed by atoms with E-state index in [1.807, 2.05) is 0 Å². The fourth-order valence-corrected chi connectivity index (χ4v) is 4.43. The Balaban J connectivity index is 0.00000243. The molecule has 1 heterocycles. The van der Waals surface area contributed by atoms with E-state index in [0.29, 0.717) is 12.5 Å². The van der Waals surface area contributed by atoms with Crippen molar-refractivity contribution < 1.29 is 9.90 Å². The zero-order chi connectivity index (χ0) is 17.5. The third-order valence-corrected chi connectivity index (χ3v) is 5.82. The van der Waals surface area contributed by atoms with E-state index in [1.165, 1.54) is 43.2 Å². The van der Waals surface area contributed by atoms with Gasteiger partial charge in [0.2, 0.25) is 0 Å². The zero-order valence-corrected chi connectivity index (χ0v) is 16.4. The summed E-state index contributed by atoms with van der Waals surface area (Å²) in [6, 6.07) is 10.8. The van der Waals surface area contributed by atoms with Gasteiger partial charge in [0, 0.05) is 13.1 Å². The molecule has 1 N–H and O–H groups in total. The summed E-state index contributed by atoms with van der Waals surface area (Å²) in [5.74, 6) is -0.110. The number of benzene rings is 1. The van der Waals surface area contributed by atoms with Crippen molar-refractivity contribution >= 4 is 23.9 Å². The van der Waals surface area contributed by atoms with Gasteiger partial charge in [-0.15, -0.1) is 12.4 Å². The molecule has 1 saturated heterocycles. The van der Waals surface area contributed by atoms with Gasteiger partial charge >= 0.3 is 5.97 Å². The Labute approximate surface area is 163 Å². The standard InChI is InChI=1S/C22H31NO2.ClH/c24-22(25)20-13-7-15-23(17-20)16-8-14-21(18-9-3-1-4-10-18)19-11-5-2-6-12-19;/h1,3-4,9-10,14,19-20H,2,5-8,11-13,15-17H2,(H,24,25);1H/b21-14+;. The van der Waals surface area contributed by atoms with Crippen LogP contribution in [0.2, 0.25) is 0 Å². The molecule has 2 aliphatic rings. The molecule has 1 unspecified atom stereocenters. The lowest BCUT2D eigenvalue weighted by atomic mass is 9.80. The van der Waals surface area contributed by atoms with E-state index in [0.717, 1.165) is 32.4 Å². The van der Waals surface area contributed by atoms with Gasteiger partial charge < -0.3 is 10.0 Å². The summed E-state index contributed by atoms with van der Waals surface area (Å²) in [4.78, 5) is 13.6. The second kappa shape index (κ2) is 10.7. The second-order valence-electron chi connectivity index (χ2n) is 7.63. The molecule has 0 aromatic heterocycles. The van der Waals surface area contributed by atoms with Crippen LogP contribution in [-0.2, 0) is 4.79 Å². The van der Waals surface area contributed by atoms with Crippen molar-refractivity contribution in [1.82, 2.24) is 4.90 Å². The molecule has 0 spiro atoms. The number of carboxylic acids is 1. The number of rotatable bonds is 6. The zero-order valence-electron chi connectivity index (χ0n) is 15.6. The van der Waals surface area contributed by atoms with E-state index in [4.69, 9.17) is 0 Å². The van der Waals surface area contributed by atoms with Crippen molar-refractivity contribution in [3.05, 3.63) is 42.0 Å². The van der Waals surface area contributed by atoms with Gasteiger partial charge in [0.1, 0.15) is 0 Å². The van der Waals surface area contributed by atoms with Crippen molar-refractivity contribution in [2.75, 3.05) is 19.6 Å². The van der Waals surface area contributed by atoms with Crippen molar-refractivity contribution in [2.24, 2.45) is 11.8 Å². The topological polar surface area (TPSA) is 40.5 Å². The highest BCUT2D eigenvalue weighted by Crippen LogP contribution is 2.35. The lowest BCUT2D eigenvalue weighted by Crippen LogP contribution is -2.39. The van der Waals surface area contributed by atoms with Crippen LogP contribution in [0.25, 0.3) is 5.57 Å². The summed E-state index contributed by atoms with van der Waals surface area (Å²) in [6.07, 6.45) is 12.0. The molecule has 144 valence electrons. The van der Waals surface area contributed by atoms with Crippen LogP contribution in [0.4, 0.5) is 0 Å². The van der Waals surface area contributed by atoms with Crippen LogP contribution in [0.3, 0.4) is 0 Å². The Morgan fingerprint density at radius 1 is 1.04 bits per heavy atom. The minimum absolute atomic E-state index is 0. The maximum Gasteiger partial charge on any atom is 0.307 e. The van der Waals surface area contributed by atoms with E-state index < -0.39 is 5.97 Å². The number of hydrogen-bond acceptors (Lipinski definition) is 2. The SMILES string of the molecule is Cl.O=C(O)C1CCCN(CC/C=C(\c2ccccc2)C2CCCCC2)C1. The maximum absolute atomic E-state index is 11.2. The van der Waals surface area contributed by atoms with Crippen molar-refractivity contribution in [1.29, 1.82) is 0 Å². The molecular weight excluding hydrogens is 346 g/mol. The number of allylic oxidation sites excluding steroid dienone is 1. The quantitative estimate of drug-likeness (QED) is 0.735. The molecule has 0 radical (unpaired) electrons. The summed E-state index contributed by atoms with van der Waals surface area (Å²) in [5.41, 5.74) is 2.89. The molecule has 26 heavy (non-hydrogen) atoms. The molecule has 1 aliphatic carbocycles. The van der Waals surface area contributed by atoms with Crippen LogP contribution in [-0.4, -0.2) is 35.6 Å². The van der Waals surface area contributed by atoms with E-state index in [-0.39, 0.29) is 18.3 Å². The van der Waals surface area contributed by atoms with Crippen molar-refractivity contribution in [3.8, 4) is 0 Å². The average Bonchev–Trinajstić information content (AvgIpc) is 2.67. The Bertz CT molecular complexity index is 581. The summed E-state index contributed by atoms with van der Waals surface area (Å²) in [7, 11) is 0. The summed E-state index contributed by atoms with van der Waals surface area (Å²) < 4.78 is 0. The highest BCUT2D eigenvalue weighted by Gasteiger charge is 2.25. The molecule has 0 amide bonds. The van der Waals surface area contributed by atoms with E-state index >= 15 is 0 Å². The van der Waals surface area contributed by atoms with Gasteiger partial charge in [0.15, 0.2) is 0 Å². The monoisotopic (exact) mass is 377 g/mol.